The van der Waals surface area contributed by atoms with Crippen LogP contribution in [0.5, 0.6) is 0 Å². The molecule has 0 aromatic heterocycles. The van der Waals surface area contributed by atoms with Crippen LogP contribution in [0.4, 0.5) is 0 Å². The first-order valence-corrected chi connectivity index (χ1v) is 6.87. The van der Waals surface area contributed by atoms with Gasteiger partial charge in [-0.25, -0.2) is 0 Å². The molecule has 0 radical (unpaired) electrons. The lowest BCUT2D eigenvalue weighted by molar-refractivity contribution is -0.133. The number of hydrogen-bond acceptors (Lipinski definition) is 4. The Bertz CT molecular complexity index is 384. The van der Waals surface area contributed by atoms with Crippen LogP contribution in [0.15, 0.2) is 30.3 Å². The minimum Gasteiger partial charge on any atom is -0.395 e. The highest BCUT2D eigenvalue weighted by Crippen LogP contribution is 2.06. The number of rotatable bonds is 9. The first-order valence-electron chi connectivity index (χ1n) is 6.87. The molecule has 0 saturated heterocycles. The van der Waals surface area contributed by atoms with E-state index in [1.165, 1.54) is 5.56 Å². The summed E-state index contributed by atoms with van der Waals surface area (Å²) in [5.41, 5.74) is 7.12. The lowest BCUT2D eigenvalue weighted by atomic mass is 10.0. The summed E-state index contributed by atoms with van der Waals surface area (Å²) >= 11 is 0. The zero-order chi connectivity index (χ0) is 14.8. The van der Waals surface area contributed by atoms with Crippen molar-refractivity contribution >= 4 is 5.91 Å². The highest BCUT2D eigenvalue weighted by Gasteiger charge is 2.20. The number of nitrogens with two attached hydrogens (primary N) is 1. The standard InChI is InChI=1S/C15H24N2O3/c1-20-12-10-17(9-11-18)15(19)14(16)8-7-13-5-3-2-4-6-13/h2-6,14,18H,7-12,16H2,1H3/t14-/m0/s1. The van der Waals surface area contributed by atoms with Crippen LogP contribution in [-0.4, -0.2) is 55.4 Å². The van der Waals surface area contributed by atoms with Crippen molar-refractivity contribution in [2.24, 2.45) is 5.73 Å². The molecule has 5 heteroatoms. The van der Waals surface area contributed by atoms with E-state index in [-0.39, 0.29) is 12.5 Å². The molecule has 0 aliphatic carbocycles. The zero-order valence-electron chi connectivity index (χ0n) is 12.0. The van der Waals surface area contributed by atoms with E-state index in [9.17, 15) is 4.79 Å². The molecule has 0 aliphatic heterocycles. The van der Waals surface area contributed by atoms with E-state index in [0.29, 0.717) is 26.1 Å². The van der Waals surface area contributed by atoms with Gasteiger partial charge in [0.15, 0.2) is 0 Å². The van der Waals surface area contributed by atoms with Crippen LogP contribution in [0.3, 0.4) is 0 Å². The monoisotopic (exact) mass is 280 g/mol. The number of aliphatic hydroxyl groups excluding tert-OH is 1. The molecule has 0 unspecified atom stereocenters. The van der Waals surface area contributed by atoms with E-state index >= 15 is 0 Å². The van der Waals surface area contributed by atoms with Crippen LogP contribution in [-0.2, 0) is 16.0 Å². The smallest absolute Gasteiger partial charge is 0.239 e. The van der Waals surface area contributed by atoms with Gasteiger partial charge in [0.25, 0.3) is 0 Å². The van der Waals surface area contributed by atoms with Crippen LogP contribution < -0.4 is 5.73 Å². The minimum absolute atomic E-state index is 0.0686. The molecule has 1 aromatic rings. The maximum Gasteiger partial charge on any atom is 0.239 e. The van der Waals surface area contributed by atoms with Gasteiger partial charge in [0.2, 0.25) is 5.91 Å². The molecule has 5 nitrogen and oxygen atoms in total. The molecule has 3 N–H and O–H groups in total. The number of hydrogen-bond donors (Lipinski definition) is 2. The first kappa shape index (κ1) is 16.6. The number of aryl methyl sites for hydroxylation is 1. The summed E-state index contributed by atoms with van der Waals surface area (Å²) in [5, 5.41) is 9.00. The van der Waals surface area contributed by atoms with Gasteiger partial charge in [0.1, 0.15) is 0 Å². The predicted octanol–water partition coefficient (Wildman–Crippen LogP) is 0.414. The second-order valence-electron chi connectivity index (χ2n) is 4.67. The van der Waals surface area contributed by atoms with Crippen molar-refractivity contribution < 1.29 is 14.6 Å². The highest BCUT2D eigenvalue weighted by atomic mass is 16.5. The van der Waals surface area contributed by atoms with E-state index in [1.54, 1.807) is 12.0 Å². The Labute approximate surface area is 120 Å². The van der Waals surface area contributed by atoms with Crippen molar-refractivity contribution in [3.63, 3.8) is 0 Å². The summed E-state index contributed by atoms with van der Waals surface area (Å²) in [5.74, 6) is -0.132. The lowest BCUT2D eigenvalue weighted by Gasteiger charge is -2.24. The van der Waals surface area contributed by atoms with E-state index in [0.717, 1.165) is 6.42 Å². The van der Waals surface area contributed by atoms with Gasteiger partial charge in [-0.2, -0.15) is 0 Å². The minimum atomic E-state index is -0.543. The fourth-order valence-electron chi connectivity index (χ4n) is 1.98. The number of ether oxygens (including phenoxy) is 1. The molecule has 1 aromatic carbocycles. The maximum atomic E-state index is 12.2. The molecule has 112 valence electrons. The van der Waals surface area contributed by atoms with Crippen molar-refractivity contribution in [2.75, 3.05) is 33.4 Å². The third kappa shape index (κ3) is 5.69. The topological polar surface area (TPSA) is 75.8 Å². The average molecular weight is 280 g/mol. The Hall–Kier alpha value is -1.43. The highest BCUT2D eigenvalue weighted by molar-refractivity contribution is 5.81. The van der Waals surface area contributed by atoms with Gasteiger partial charge in [-0.05, 0) is 18.4 Å². The quantitative estimate of drug-likeness (QED) is 0.687. The van der Waals surface area contributed by atoms with E-state index in [2.05, 4.69) is 0 Å². The van der Waals surface area contributed by atoms with Crippen molar-refractivity contribution in [1.82, 2.24) is 4.90 Å². The third-order valence-corrected chi connectivity index (χ3v) is 3.15. The molecule has 0 spiro atoms. The van der Waals surface area contributed by atoms with E-state index in [1.807, 2.05) is 30.3 Å². The van der Waals surface area contributed by atoms with Crippen molar-refractivity contribution in [3.05, 3.63) is 35.9 Å². The molecule has 0 aliphatic rings. The molecular weight excluding hydrogens is 256 g/mol. The van der Waals surface area contributed by atoms with Crippen molar-refractivity contribution in [1.29, 1.82) is 0 Å². The normalized spacial score (nSPS) is 12.2. The van der Waals surface area contributed by atoms with Gasteiger partial charge in [0, 0.05) is 20.2 Å². The van der Waals surface area contributed by atoms with Gasteiger partial charge >= 0.3 is 0 Å². The summed E-state index contributed by atoms with van der Waals surface area (Å²) < 4.78 is 4.96. The van der Waals surface area contributed by atoms with Crippen LogP contribution in [0.25, 0.3) is 0 Å². The van der Waals surface area contributed by atoms with Gasteiger partial charge < -0.3 is 20.5 Å². The number of aliphatic hydroxyl groups is 1. The van der Waals surface area contributed by atoms with Gasteiger partial charge in [-0.3, -0.25) is 4.79 Å². The Morgan fingerprint density at radius 1 is 1.35 bits per heavy atom. The molecular formula is C15H24N2O3. The molecule has 0 saturated carbocycles. The number of methoxy groups -OCH3 is 1. The third-order valence-electron chi connectivity index (χ3n) is 3.15. The van der Waals surface area contributed by atoms with E-state index < -0.39 is 6.04 Å². The lowest BCUT2D eigenvalue weighted by Crippen LogP contribution is -2.46. The molecule has 0 bridgehead atoms. The maximum absolute atomic E-state index is 12.2. The molecule has 1 atom stereocenters. The molecule has 1 rings (SSSR count). The SMILES string of the molecule is COCCN(CCO)C(=O)[C@@H](N)CCc1ccccc1. The Kier molecular flexibility index (Phi) is 7.87. The van der Waals surface area contributed by atoms with Crippen LogP contribution in [0.1, 0.15) is 12.0 Å². The number of benzene rings is 1. The summed E-state index contributed by atoms with van der Waals surface area (Å²) in [6.07, 6.45) is 1.36. The number of nitrogens with zero attached hydrogens (tertiary/aromatic N) is 1. The summed E-state index contributed by atoms with van der Waals surface area (Å²) in [4.78, 5) is 13.7. The Morgan fingerprint density at radius 2 is 2.05 bits per heavy atom. The first-order chi connectivity index (χ1) is 9.69. The van der Waals surface area contributed by atoms with E-state index in [4.69, 9.17) is 15.6 Å². The number of amides is 1. The van der Waals surface area contributed by atoms with Crippen LogP contribution in [0.2, 0.25) is 0 Å². The van der Waals surface area contributed by atoms with Gasteiger partial charge in [-0.1, -0.05) is 30.3 Å². The summed E-state index contributed by atoms with van der Waals surface area (Å²) in [6, 6.07) is 9.40. The summed E-state index contributed by atoms with van der Waals surface area (Å²) in [7, 11) is 1.58. The van der Waals surface area contributed by atoms with Crippen molar-refractivity contribution in [2.45, 2.75) is 18.9 Å². The summed E-state index contributed by atoms with van der Waals surface area (Å²) in [6.45, 7) is 1.12. The largest absolute Gasteiger partial charge is 0.395 e. The van der Waals surface area contributed by atoms with Crippen LogP contribution in [0, 0.1) is 0 Å². The number of carbonyl (C=O) groups is 1. The predicted molar refractivity (Wildman–Crippen MR) is 78.3 cm³/mol. The number of carbonyl (C=O) groups excluding carboxylic acids is 1. The fourth-order valence-corrected chi connectivity index (χ4v) is 1.98. The van der Waals surface area contributed by atoms with Gasteiger partial charge in [-0.15, -0.1) is 0 Å². The second kappa shape index (κ2) is 9.47. The zero-order valence-corrected chi connectivity index (χ0v) is 12.0. The average Bonchev–Trinajstić information content (AvgIpc) is 2.49. The molecule has 20 heavy (non-hydrogen) atoms. The molecule has 1 amide bonds. The Balaban J connectivity index is 2.46. The second-order valence-corrected chi connectivity index (χ2v) is 4.67. The van der Waals surface area contributed by atoms with Crippen molar-refractivity contribution in [3.8, 4) is 0 Å². The molecule has 0 heterocycles. The van der Waals surface area contributed by atoms with Crippen LogP contribution >= 0.6 is 0 Å². The Morgan fingerprint density at radius 3 is 2.65 bits per heavy atom. The fraction of sp³-hybridized carbons (Fsp3) is 0.533. The van der Waals surface area contributed by atoms with Gasteiger partial charge in [0.05, 0.1) is 19.3 Å². The molecule has 0 fully saturated rings.